The summed E-state index contributed by atoms with van der Waals surface area (Å²) >= 11 is 0. The first-order valence-corrected chi connectivity index (χ1v) is 11.7. The Balaban J connectivity index is 1.58. The molecule has 35 heavy (non-hydrogen) atoms. The predicted molar refractivity (Wildman–Crippen MR) is 128 cm³/mol. The molecule has 3 aromatic rings. The van der Waals surface area contributed by atoms with E-state index in [9.17, 15) is 18.4 Å². The number of benzene rings is 2. The van der Waals surface area contributed by atoms with Gasteiger partial charge in [-0.05, 0) is 28.7 Å². The lowest BCUT2D eigenvalue weighted by atomic mass is 9.94. The highest BCUT2D eigenvalue weighted by atomic mass is 19.1. The second kappa shape index (κ2) is 10.7. The Kier molecular flexibility index (Phi) is 7.48. The first kappa shape index (κ1) is 24.4. The topological polar surface area (TPSA) is 75.2 Å². The van der Waals surface area contributed by atoms with Gasteiger partial charge in [0.05, 0.1) is 24.7 Å². The van der Waals surface area contributed by atoms with Crippen molar-refractivity contribution in [1.29, 1.82) is 0 Å². The van der Waals surface area contributed by atoms with Crippen LogP contribution in [0, 0.1) is 5.82 Å². The number of nitrogens with one attached hydrogen (secondary N) is 1. The molecule has 3 atom stereocenters. The molecule has 182 valence electrons. The zero-order chi connectivity index (χ0) is 24.9. The van der Waals surface area contributed by atoms with E-state index in [1.54, 1.807) is 12.1 Å². The van der Waals surface area contributed by atoms with E-state index in [4.69, 9.17) is 0 Å². The van der Waals surface area contributed by atoms with Crippen LogP contribution in [0.15, 0.2) is 67.1 Å². The number of nitrogens with zero attached hydrogens (tertiary/aromatic N) is 3. The Labute approximate surface area is 203 Å². The van der Waals surface area contributed by atoms with Crippen molar-refractivity contribution in [3.05, 3.63) is 95.3 Å². The quantitative estimate of drug-likeness (QED) is 0.554. The van der Waals surface area contributed by atoms with Crippen molar-refractivity contribution in [2.45, 2.75) is 50.9 Å². The molecule has 6 nitrogen and oxygen atoms in total. The number of carbonyl (C=O) groups excluding carboxylic acids is 2. The van der Waals surface area contributed by atoms with Crippen LogP contribution in [-0.4, -0.2) is 45.4 Å². The molecule has 0 radical (unpaired) electrons. The SMILES string of the molecule is CC(C)c1ccc([C@@H](NC(=O)[C@@H]2C[C@@H](F)CN2C(=O)Cc2cnccn2)c2ccccc2)cc1F. The Bertz CT molecular complexity index is 1170. The fourth-order valence-electron chi connectivity index (χ4n) is 4.42. The fourth-order valence-corrected chi connectivity index (χ4v) is 4.42. The third-order valence-electron chi connectivity index (χ3n) is 6.22. The minimum atomic E-state index is -1.31. The third-order valence-corrected chi connectivity index (χ3v) is 6.22. The van der Waals surface area contributed by atoms with Crippen LogP contribution in [-0.2, 0) is 16.0 Å². The van der Waals surface area contributed by atoms with Gasteiger partial charge in [-0.25, -0.2) is 8.78 Å². The molecule has 4 rings (SSSR count). The van der Waals surface area contributed by atoms with Gasteiger partial charge in [0, 0.05) is 25.0 Å². The molecule has 1 aliphatic rings. The van der Waals surface area contributed by atoms with E-state index < -0.39 is 30.1 Å². The smallest absolute Gasteiger partial charge is 0.243 e. The molecule has 0 aliphatic carbocycles. The van der Waals surface area contributed by atoms with E-state index in [1.165, 1.54) is 29.6 Å². The van der Waals surface area contributed by atoms with E-state index in [2.05, 4.69) is 15.3 Å². The normalized spacial score (nSPS) is 18.5. The number of halogens is 2. The maximum Gasteiger partial charge on any atom is 0.243 e. The molecule has 0 bridgehead atoms. The van der Waals surface area contributed by atoms with Crippen molar-refractivity contribution in [3.8, 4) is 0 Å². The van der Waals surface area contributed by atoms with Gasteiger partial charge < -0.3 is 10.2 Å². The van der Waals surface area contributed by atoms with Crippen molar-refractivity contribution < 1.29 is 18.4 Å². The molecule has 1 aliphatic heterocycles. The average Bonchev–Trinajstić information content (AvgIpc) is 3.25. The molecule has 0 unspecified atom stereocenters. The van der Waals surface area contributed by atoms with Crippen molar-refractivity contribution in [3.63, 3.8) is 0 Å². The van der Waals surface area contributed by atoms with Gasteiger partial charge in [-0.2, -0.15) is 0 Å². The minimum Gasteiger partial charge on any atom is -0.343 e. The van der Waals surface area contributed by atoms with Gasteiger partial charge >= 0.3 is 0 Å². The van der Waals surface area contributed by atoms with Gasteiger partial charge in [-0.3, -0.25) is 19.6 Å². The molecule has 1 N–H and O–H groups in total. The van der Waals surface area contributed by atoms with Gasteiger partial charge in [0.25, 0.3) is 0 Å². The Morgan fingerprint density at radius 2 is 1.89 bits per heavy atom. The zero-order valence-electron chi connectivity index (χ0n) is 19.7. The Hall–Kier alpha value is -3.68. The summed E-state index contributed by atoms with van der Waals surface area (Å²) < 4.78 is 29.2. The lowest BCUT2D eigenvalue weighted by Crippen LogP contribution is -2.47. The van der Waals surface area contributed by atoms with Crippen LogP contribution in [0.2, 0.25) is 0 Å². The van der Waals surface area contributed by atoms with Crippen LogP contribution in [0.25, 0.3) is 0 Å². The molecular weight excluding hydrogens is 450 g/mol. The van der Waals surface area contributed by atoms with E-state index >= 15 is 0 Å². The van der Waals surface area contributed by atoms with Crippen LogP contribution in [0.3, 0.4) is 0 Å². The lowest BCUT2D eigenvalue weighted by Gasteiger charge is -2.27. The highest BCUT2D eigenvalue weighted by Gasteiger charge is 2.40. The van der Waals surface area contributed by atoms with Crippen molar-refractivity contribution in [2.75, 3.05) is 6.54 Å². The zero-order valence-corrected chi connectivity index (χ0v) is 19.7. The maximum atomic E-state index is 14.8. The molecule has 1 saturated heterocycles. The van der Waals surface area contributed by atoms with Crippen molar-refractivity contribution >= 4 is 11.8 Å². The average molecular weight is 479 g/mol. The second-order valence-corrected chi connectivity index (χ2v) is 9.06. The fraction of sp³-hybridized carbons (Fsp3) is 0.333. The van der Waals surface area contributed by atoms with Crippen LogP contribution < -0.4 is 5.32 Å². The number of aromatic nitrogens is 2. The molecule has 0 saturated carbocycles. The van der Waals surface area contributed by atoms with E-state index in [0.29, 0.717) is 16.8 Å². The number of amides is 2. The summed E-state index contributed by atoms with van der Waals surface area (Å²) in [6.45, 7) is 3.66. The predicted octanol–water partition coefficient (Wildman–Crippen LogP) is 4.13. The summed E-state index contributed by atoms with van der Waals surface area (Å²) in [4.78, 5) is 35.6. The highest BCUT2D eigenvalue weighted by molar-refractivity contribution is 5.89. The monoisotopic (exact) mass is 478 g/mol. The number of hydrogen-bond acceptors (Lipinski definition) is 4. The first-order chi connectivity index (χ1) is 16.8. The number of alkyl halides is 1. The van der Waals surface area contributed by atoms with Crippen molar-refractivity contribution in [1.82, 2.24) is 20.2 Å². The van der Waals surface area contributed by atoms with Gasteiger partial charge in [0.15, 0.2) is 0 Å². The molecule has 8 heteroatoms. The molecule has 2 aromatic carbocycles. The summed E-state index contributed by atoms with van der Waals surface area (Å²) in [6, 6.07) is 12.5. The van der Waals surface area contributed by atoms with Crippen LogP contribution in [0.5, 0.6) is 0 Å². The number of carbonyl (C=O) groups is 2. The number of likely N-dealkylation sites (tertiary alicyclic amines) is 1. The molecule has 2 amide bonds. The van der Waals surface area contributed by atoms with E-state index in [-0.39, 0.29) is 31.1 Å². The van der Waals surface area contributed by atoms with Gasteiger partial charge in [-0.1, -0.05) is 56.3 Å². The molecule has 1 aromatic heterocycles. The minimum absolute atomic E-state index is 0.0164. The van der Waals surface area contributed by atoms with Gasteiger partial charge in [-0.15, -0.1) is 0 Å². The van der Waals surface area contributed by atoms with Crippen LogP contribution in [0.4, 0.5) is 8.78 Å². The van der Waals surface area contributed by atoms with Gasteiger partial charge in [0.1, 0.15) is 18.0 Å². The summed E-state index contributed by atoms with van der Waals surface area (Å²) in [6.07, 6.45) is 2.96. The lowest BCUT2D eigenvalue weighted by molar-refractivity contribution is -0.138. The van der Waals surface area contributed by atoms with Crippen molar-refractivity contribution in [2.24, 2.45) is 0 Å². The highest BCUT2D eigenvalue weighted by Crippen LogP contribution is 2.28. The first-order valence-electron chi connectivity index (χ1n) is 11.7. The maximum absolute atomic E-state index is 14.8. The number of hydrogen-bond donors (Lipinski definition) is 1. The second-order valence-electron chi connectivity index (χ2n) is 9.06. The summed E-state index contributed by atoms with van der Waals surface area (Å²) in [5.74, 6) is -1.21. The summed E-state index contributed by atoms with van der Waals surface area (Å²) in [7, 11) is 0. The van der Waals surface area contributed by atoms with E-state index in [0.717, 1.165) is 5.56 Å². The number of rotatable bonds is 7. The molecule has 2 heterocycles. The Morgan fingerprint density at radius 3 is 2.54 bits per heavy atom. The largest absolute Gasteiger partial charge is 0.343 e. The molecular formula is C27H28F2N4O2. The summed E-state index contributed by atoms with van der Waals surface area (Å²) in [5.41, 5.74) is 2.36. The summed E-state index contributed by atoms with van der Waals surface area (Å²) in [5, 5.41) is 2.94. The molecule has 1 fully saturated rings. The Morgan fingerprint density at radius 1 is 1.11 bits per heavy atom. The van der Waals surface area contributed by atoms with E-state index in [1.807, 2.05) is 44.2 Å². The van der Waals surface area contributed by atoms with Crippen LogP contribution >= 0.6 is 0 Å². The molecule has 0 spiro atoms. The van der Waals surface area contributed by atoms with Gasteiger partial charge in [0.2, 0.25) is 11.8 Å². The third kappa shape index (κ3) is 5.70. The standard InChI is InChI=1S/C27H28F2N4O2/c1-17(2)22-9-8-19(12-23(22)29)26(18-6-4-3-5-7-18)32-27(35)24-13-20(28)16-33(24)25(34)14-21-15-30-10-11-31-21/h3-12,15,17,20,24,26H,13-14,16H2,1-2H3,(H,32,35)/t20-,24+,26+/m1/s1. The van der Waals surface area contributed by atoms with Crippen LogP contribution in [0.1, 0.15) is 54.6 Å².